The third-order valence-electron chi connectivity index (χ3n) is 4.23. The number of ether oxygens (including phenoxy) is 2. The highest BCUT2D eigenvalue weighted by molar-refractivity contribution is 6.05. The fourth-order valence-corrected chi connectivity index (χ4v) is 2.91. The number of benzene rings is 2. The maximum atomic E-state index is 12.5. The monoisotopic (exact) mass is 354 g/mol. The summed E-state index contributed by atoms with van der Waals surface area (Å²) in [6.07, 6.45) is 4.69. The quantitative estimate of drug-likeness (QED) is 0.799. The molecule has 0 atom stereocenters. The van der Waals surface area contributed by atoms with Gasteiger partial charge < -0.3 is 20.5 Å². The molecule has 3 rings (SSSR count). The van der Waals surface area contributed by atoms with Gasteiger partial charge >= 0.3 is 0 Å². The van der Waals surface area contributed by atoms with E-state index in [9.17, 15) is 9.59 Å². The van der Waals surface area contributed by atoms with E-state index in [4.69, 9.17) is 15.2 Å². The zero-order valence-electron chi connectivity index (χ0n) is 14.4. The van der Waals surface area contributed by atoms with Gasteiger partial charge in [-0.05, 0) is 62.1 Å². The normalized spacial score (nSPS) is 14.0. The van der Waals surface area contributed by atoms with Crippen LogP contribution in [0, 0.1) is 0 Å². The topological polar surface area (TPSA) is 90.7 Å². The molecule has 26 heavy (non-hydrogen) atoms. The molecular weight excluding hydrogens is 332 g/mol. The van der Waals surface area contributed by atoms with Crippen molar-refractivity contribution in [1.82, 2.24) is 0 Å². The van der Waals surface area contributed by atoms with E-state index in [1.807, 2.05) is 24.3 Å². The molecule has 6 nitrogen and oxygen atoms in total. The maximum absolute atomic E-state index is 12.5. The van der Waals surface area contributed by atoms with Crippen LogP contribution in [0.15, 0.2) is 48.5 Å². The van der Waals surface area contributed by atoms with Crippen LogP contribution < -0.4 is 20.5 Å². The third kappa shape index (κ3) is 4.75. The van der Waals surface area contributed by atoms with E-state index < -0.39 is 5.91 Å². The third-order valence-corrected chi connectivity index (χ3v) is 4.23. The lowest BCUT2D eigenvalue weighted by Crippen LogP contribution is -2.20. The van der Waals surface area contributed by atoms with Crippen LogP contribution in [0.4, 0.5) is 5.69 Å². The van der Waals surface area contributed by atoms with Gasteiger partial charge in [0.2, 0.25) is 0 Å². The van der Waals surface area contributed by atoms with Crippen molar-refractivity contribution in [2.45, 2.75) is 31.8 Å². The van der Waals surface area contributed by atoms with Crippen LogP contribution in [-0.2, 0) is 4.79 Å². The van der Waals surface area contributed by atoms with Crippen LogP contribution in [0.1, 0.15) is 36.0 Å². The number of nitrogens with one attached hydrogen (secondary N) is 1. The first kappa shape index (κ1) is 17.8. The molecule has 1 saturated carbocycles. The molecule has 2 aromatic rings. The van der Waals surface area contributed by atoms with Crippen LogP contribution >= 0.6 is 0 Å². The molecule has 1 fully saturated rings. The van der Waals surface area contributed by atoms with Crippen LogP contribution in [0.3, 0.4) is 0 Å². The molecule has 3 N–H and O–H groups in total. The molecule has 6 heteroatoms. The smallest absolute Gasteiger partial charge is 0.255 e. The largest absolute Gasteiger partial charge is 0.488 e. The van der Waals surface area contributed by atoms with E-state index in [1.54, 1.807) is 24.3 Å². The van der Waals surface area contributed by atoms with Gasteiger partial charge in [0.1, 0.15) is 11.5 Å². The number of anilines is 1. The summed E-state index contributed by atoms with van der Waals surface area (Å²) in [6.45, 7) is -0.197. The Kier molecular flexibility index (Phi) is 5.73. The van der Waals surface area contributed by atoms with Crippen LogP contribution in [-0.4, -0.2) is 24.5 Å². The zero-order chi connectivity index (χ0) is 18.4. The van der Waals surface area contributed by atoms with Gasteiger partial charge in [-0.25, -0.2) is 0 Å². The van der Waals surface area contributed by atoms with Gasteiger partial charge in [0.25, 0.3) is 11.8 Å². The lowest BCUT2D eigenvalue weighted by atomic mass is 10.2. The highest BCUT2D eigenvalue weighted by Gasteiger charge is 2.18. The second kappa shape index (κ2) is 8.38. The molecule has 2 amide bonds. The van der Waals surface area contributed by atoms with E-state index in [-0.39, 0.29) is 18.6 Å². The zero-order valence-corrected chi connectivity index (χ0v) is 14.4. The van der Waals surface area contributed by atoms with Crippen molar-refractivity contribution in [2.75, 3.05) is 11.9 Å². The number of carbonyl (C=O) groups is 2. The molecule has 0 heterocycles. The van der Waals surface area contributed by atoms with Crippen LogP contribution in [0.2, 0.25) is 0 Å². The van der Waals surface area contributed by atoms with E-state index >= 15 is 0 Å². The average molecular weight is 354 g/mol. The number of amides is 2. The molecule has 0 aromatic heterocycles. The highest BCUT2D eigenvalue weighted by atomic mass is 16.5. The van der Waals surface area contributed by atoms with E-state index in [0.29, 0.717) is 22.7 Å². The average Bonchev–Trinajstić information content (AvgIpc) is 3.15. The van der Waals surface area contributed by atoms with Gasteiger partial charge in [-0.1, -0.05) is 12.1 Å². The van der Waals surface area contributed by atoms with Gasteiger partial charge in [0, 0.05) is 5.56 Å². The number of primary amides is 1. The summed E-state index contributed by atoms with van der Waals surface area (Å²) in [5.74, 6) is 0.374. The first-order chi connectivity index (χ1) is 12.6. The number of rotatable bonds is 7. The van der Waals surface area contributed by atoms with Crippen molar-refractivity contribution in [3.63, 3.8) is 0 Å². The molecule has 0 bridgehead atoms. The SMILES string of the molecule is NC(=O)COc1ccc(C(=O)Nc2ccccc2OC2CCCC2)cc1. The Hall–Kier alpha value is -3.02. The van der Waals surface area contributed by atoms with Crippen molar-refractivity contribution in [1.29, 1.82) is 0 Å². The molecule has 0 saturated heterocycles. The molecule has 1 aliphatic rings. The summed E-state index contributed by atoms with van der Waals surface area (Å²) >= 11 is 0. The summed E-state index contributed by atoms with van der Waals surface area (Å²) in [5, 5.41) is 2.89. The van der Waals surface area contributed by atoms with Crippen molar-refractivity contribution in [3.05, 3.63) is 54.1 Å². The number of hydrogen-bond donors (Lipinski definition) is 2. The lowest BCUT2D eigenvalue weighted by Gasteiger charge is -2.17. The van der Waals surface area contributed by atoms with Gasteiger partial charge in [-0.15, -0.1) is 0 Å². The van der Waals surface area contributed by atoms with Crippen molar-refractivity contribution in [3.8, 4) is 11.5 Å². The summed E-state index contributed by atoms with van der Waals surface area (Å²) < 4.78 is 11.2. The molecule has 0 radical (unpaired) electrons. The Labute approximate surface area is 152 Å². The van der Waals surface area contributed by atoms with Crippen LogP contribution in [0.25, 0.3) is 0 Å². The fourth-order valence-electron chi connectivity index (χ4n) is 2.91. The first-order valence-electron chi connectivity index (χ1n) is 8.70. The van der Waals surface area contributed by atoms with Gasteiger partial charge in [0.15, 0.2) is 6.61 Å². The van der Waals surface area contributed by atoms with Crippen molar-refractivity contribution < 1.29 is 19.1 Å². The molecule has 0 spiro atoms. The van der Waals surface area contributed by atoms with Gasteiger partial charge in [0.05, 0.1) is 11.8 Å². The van der Waals surface area contributed by atoms with E-state index in [1.165, 1.54) is 12.8 Å². The number of para-hydroxylation sites is 2. The molecule has 2 aromatic carbocycles. The second-order valence-corrected chi connectivity index (χ2v) is 6.25. The number of carbonyl (C=O) groups excluding carboxylic acids is 2. The summed E-state index contributed by atoms with van der Waals surface area (Å²) in [7, 11) is 0. The molecule has 0 unspecified atom stereocenters. The molecular formula is C20H22N2O4. The van der Waals surface area contributed by atoms with E-state index in [0.717, 1.165) is 12.8 Å². The number of hydrogen-bond acceptors (Lipinski definition) is 4. The Morgan fingerprint density at radius 2 is 1.73 bits per heavy atom. The van der Waals surface area contributed by atoms with Gasteiger partial charge in [-0.3, -0.25) is 9.59 Å². The van der Waals surface area contributed by atoms with E-state index in [2.05, 4.69) is 5.32 Å². The Bertz CT molecular complexity index is 768. The minimum atomic E-state index is -0.550. The Balaban J connectivity index is 1.65. The maximum Gasteiger partial charge on any atom is 0.255 e. The number of nitrogens with two attached hydrogens (primary N) is 1. The van der Waals surface area contributed by atoms with Crippen molar-refractivity contribution >= 4 is 17.5 Å². The Morgan fingerprint density at radius 1 is 1.04 bits per heavy atom. The predicted molar refractivity (Wildman–Crippen MR) is 98.4 cm³/mol. The fraction of sp³-hybridized carbons (Fsp3) is 0.300. The highest BCUT2D eigenvalue weighted by Crippen LogP contribution is 2.30. The van der Waals surface area contributed by atoms with Crippen molar-refractivity contribution in [2.24, 2.45) is 5.73 Å². The van der Waals surface area contributed by atoms with Crippen LogP contribution in [0.5, 0.6) is 11.5 Å². The lowest BCUT2D eigenvalue weighted by molar-refractivity contribution is -0.119. The molecule has 1 aliphatic carbocycles. The predicted octanol–water partition coefficient (Wildman–Crippen LogP) is 3.12. The summed E-state index contributed by atoms with van der Waals surface area (Å²) in [4.78, 5) is 23.2. The molecule has 0 aliphatic heterocycles. The second-order valence-electron chi connectivity index (χ2n) is 6.25. The first-order valence-corrected chi connectivity index (χ1v) is 8.70. The minimum Gasteiger partial charge on any atom is -0.488 e. The summed E-state index contributed by atoms with van der Waals surface area (Å²) in [5.41, 5.74) is 6.17. The summed E-state index contributed by atoms with van der Waals surface area (Å²) in [6, 6.07) is 14.0. The standard InChI is InChI=1S/C20H22N2O4/c21-19(23)13-25-15-11-9-14(10-12-15)20(24)22-17-7-3-4-8-18(17)26-16-5-1-2-6-16/h3-4,7-12,16H,1-2,5-6,13H2,(H2,21,23)(H,22,24). The Morgan fingerprint density at radius 3 is 2.42 bits per heavy atom. The minimum absolute atomic E-state index is 0.197. The molecule has 136 valence electrons. The van der Waals surface area contributed by atoms with Gasteiger partial charge in [-0.2, -0.15) is 0 Å².